The molecule has 1 unspecified atom stereocenters. The Bertz CT molecular complexity index is 671. The summed E-state index contributed by atoms with van der Waals surface area (Å²) in [6.45, 7) is 1.10. The maximum absolute atomic E-state index is 12.7. The molecule has 2 aromatic carbocycles. The van der Waals surface area contributed by atoms with Crippen LogP contribution in [0.25, 0.3) is 0 Å². The highest BCUT2D eigenvalue weighted by molar-refractivity contribution is 6.30. The molecule has 1 heterocycles. The smallest absolute Gasteiger partial charge is 0.254 e. The van der Waals surface area contributed by atoms with Gasteiger partial charge in [-0.1, -0.05) is 41.9 Å². The van der Waals surface area contributed by atoms with Gasteiger partial charge in [0.25, 0.3) is 5.91 Å². The van der Waals surface area contributed by atoms with E-state index in [2.05, 4.69) is 12.1 Å². The van der Waals surface area contributed by atoms with Crippen LogP contribution in [-0.2, 0) is 6.42 Å². The fraction of sp³-hybridized carbons (Fsp3) is 0.235. The molecule has 3 nitrogen and oxygen atoms in total. The Kier molecular flexibility index (Phi) is 3.95. The Labute approximate surface area is 129 Å². The van der Waals surface area contributed by atoms with Gasteiger partial charge in [-0.3, -0.25) is 4.79 Å². The van der Waals surface area contributed by atoms with Gasteiger partial charge in [0, 0.05) is 23.7 Å². The van der Waals surface area contributed by atoms with Crippen molar-refractivity contribution >= 4 is 17.5 Å². The van der Waals surface area contributed by atoms with E-state index in [4.69, 9.17) is 17.3 Å². The Morgan fingerprint density at radius 1 is 1.24 bits per heavy atom. The lowest BCUT2D eigenvalue weighted by molar-refractivity contribution is 0.0668. The van der Waals surface area contributed by atoms with Gasteiger partial charge in [-0.2, -0.15) is 0 Å². The van der Waals surface area contributed by atoms with E-state index in [1.807, 2.05) is 17.0 Å². The van der Waals surface area contributed by atoms with E-state index >= 15 is 0 Å². The van der Waals surface area contributed by atoms with Crippen LogP contribution in [-0.4, -0.2) is 23.9 Å². The second kappa shape index (κ2) is 5.88. The number of nitrogens with two attached hydrogens (primary N) is 1. The molecule has 21 heavy (non-hydrogen) atoms. The third-order valence-corrected chi connectivity index (χ3v) is 4.20. The molecule has 0 radical (unpaired) electrons. The summed E-state index contributed by atoms with van der Waals surface area (Å²) < 4.78 is 0. The van der Waals surface area contributed by atoms with Gasteiger partial charge in [0.05, 0.1) is 6.04 Å². The van der Waals surface area contributed by atoms with E-state index in [0.717, 1.165) is 12.0 Å². The second-order valence-corrected chi connectivity index (χ2v) is 5.65. The van der Waals surface area contributed by atoms with Crippen molar-refractivity contribution in [3.8, 4) is 0 Å². The average Bonchev–Trinajstić information content (AvgIpc) is 2.53. The lowest BCUT2D eigenvalue weighted by atomic mass is 9.92. The largest absolute Gasteiger partial charge is 0.330 e. The quantitative estimate of drug-likeness (QED) is 0.926. The molecular formula is C17H17ClN2O. The fourth-order valence-electron chi connectivity index (χ4n) is 2.94. The zero-order valence-corrected chi connectivity index (χ0v) is 12.4. The number of rotatable bonds is 2. The molecule has 0 aromatic heterocycles. The van der Waals surface area contributed by atoms with Crippen LogP contribution in [0.15, 0.2) is 48.5 Å². The van der Waals surface area contributed by atoms with Crippen molar-refractivity contribution in [2.75, 3.05) is 13.1 Å². The van der Waals surface area contributed by atoms with Crippen LogP contribution in [0.3, 0.4) is 0 Å². The van der Waals surface area contributed by atoms with E-state index in [9.17, 15) is 4.79 Å². The van der Waals surface area contributed by atoms with Crippen molar-refractivity contribution in [2.45, 2.75) is 12.5 Å². The molecule has 2 aromatic rings. The minimum absolute atomic E-state index is 0.0116. The zero-order chi connectivity index (χ0) is 14.8. The second-order valence-electron chi connectivity index (χ2n) is 5.21. The summed E-state index contributed by atoms with van der Waals surface area (Å²) in [7, 11) is 0. The number of fused-ring (bicyclic) bond motifs is 1. The molecule has 1 aliphatic rings. The number of amides is 1. The standard InChI is InChI=1S/C17H17ClN2O/c18-14-6-3-5-13(10-14)17(21)20-9-8-12-4-1-2-7-15(12)16(20)11-19/h1-7,10,16H,8-9,11,19H2. The molecule has 1 amide bonds. The van der Waals surface area contributed by atoms with E-state index in [0.29, 0.717) is 23.7 Å². The van der Waals surface area contributed by atoms with Gasteiger partial charge in [-0.05, 0) is 35.7 Å². The molecule has 3 rings (SSSR count). The predicted molar refractivity (Wildman–Crippen MR) is 84.4 cm³/mol. The Hall–Kier alpha value is -1.84. The normalized spacial score (nSPS) is 17.4. The third kappa shape index (κ3) is 2.67. The lowest BCUT2D eigenvalue weighted by Gasteiger charge is -2.36. The van der Waals surface area contributed by atoms with Gasteiger partial charge in [0.15, 0.2) is 0 Å². The van der Waals surface area contributed by atoms with E-state index in [-0.39, 0.29) is 11.9 Å². The van der Waals surface area contributed by atoms with Crippen LogP contribution < -0.4 is 5.73 Å². The molecule has 1 atom stereocenters. The van der Waals surface area contributed by atoms with Crippen LogP contribution in [0.5, 0.6) is 0 Å². The first-order valence-electron chi connectivity index (χ1n) is 7.05. The predicted octanol–water partition coefficient (Wildman–Crippen LogP) is 3.04. The number of hydrogen-bond donors (Lipinski definition) is 1. The average molecular weight is 301 g/mol. The zero-order valence-electron chi connectivity index (χ0n) is 11.6. The minimum atomic E-state index is -0.0681. The van der Waals surface area contributed by atoms with Crippen LogP contribution in [0, 0.1) is 0 Å². The SMILES string of the molecule is NCC1c2ccccc2CCN1C(=O)c1cccc(Cl)c1. The van der Waals surface area contributed by atoms with Gasteiger partial charge in [0.1, 0.15) is 0 Å². The lowest BCUT2D eigenvalue weighted by Crippen LogP contribution is -2.43. The number of nitrogens with zero attached hydrogens (tertiary/aromatic N) is 1. The molecule has 0 aliphatic carbocycles. The summed E-state index contributed by atoms with van der Waals surface area (Å²) in [4.78, 5) is 14.6. The first-order chi connectivity index (χ1) is 10.2. The van der Waals surface area contributed by atoms with Gasteiger partial charge in [-0.25, -0.2) is 0 Å². The highest BCUT2D eigenvalue weighted by Gasteiger charge is 2.30. The van der Waals surface area contributed by atoms with E-state index in [1.165, 1.54) is 5.56 Å². The van der Waals surface area contributed by atoms with Crippen molar-refractivity contribution < 1.29 is 4.79 Å². The maximum atomic E-state index is 12.7. The molecule has 0 bridgehead atoms. The van der Waals surface area contributed by atoms with Crippen molar-refractivity contribution in [1.82, 2.24) is 4.90 Å². The highest BCUT2D eigenvalue weighted by atomic mass is 35.5. The number of hydrogen-bond acceptors (Lipinski definition) is 2. The van der Waals surface area contributed by atoms with Crippen LogP contribution >= 0.6 is 11.6 Å². The fourth-order valence-corrected chi connectivity index (χ4v) is 3.13. The van der Waals surface area contributed by atoms with Crippen molar-refractivity contribution in [2.24, 2.45) is 5.73 Å². The minimum Gasteiger partial charge on any atom is -0.330 e. The molecule has 4 heteroatoms. The summed E-state index contributed by atoms with van der Waals surface area (Å²) in [5.74, 6) is -0.0116. The Balaban J connectivity index is 1.94. The first-order valence-corrected chi connectivity index (χ1v) is 7.43. The van der Waals surface area contributed by atoms with Crippen molar-refractivity contribution in [1.29, 1.82) is 0 Å². The van der Waals surface area contributed by atoms with Crippen LogP contribution in [0.2, 0.25) is 5.02 Å². The van der Waals surface area contributed by atoms with Crippen molar-refractivity contribution in [3.05, 3.63) is 70.2 Å². The summed E-state index contributed by atoms with van der Waals surface area (Å²) in [6.07, 6.45) is 0.860. The summed E-state index contributed by atoms with van der Waals surface area (Å²) >= 11 is 5.98. The van der Waals surface area contributed by atoms with Gasteiger partial charge < -0.3 is 10.6 Å². The number of benzene rings is 2. The monoisotopic (exact) mass is 300 g/mol. The Morgan fingerprint density at radius 3 is 2.81 bits per heavy atom. The van der Waals surface area contributed by atoms with Gasteiger partial charge in [-0.15, -0.1) is 0 Å². The Morgan fingerprint density at radius 2 is 2.05 bits per heavy atom. The van der Waals surface area contributed by atoms with E-state index < -0.39 is 0 Å². The number of carbonyl (C=O) groups excluding carboxylic acids is 1. The highest BCUT2D eigenvalue weighted by Crippen LogP contribution is 2.30. The van der Waals surface area contributed by atoms with Crippen LogP contribution in [0.1, 0.15) is 27.5 Å². The summed E-state index contributed by atoms with van der Waals surface area (Å²) in [5, 5.41) is 0.572. The molecular weight excluding hydrogens is 284 g/mol. The van der Waals surface area contributed by atoms with E-state index in [1.54, 1.807) is 24.3 Å². The van der Waals surface area contributed by atoms with Gasteiger partial charge >= 0.3 is 0 Å². The first kappa shape index (κ1) is 14.1. The molecule has 0 fully saturated rings. The molecule has 0 saturated heterocycles. The molecule has 1 aliphatic heterocycles. The summed E-state index contributed by atoms with van der Waals surface area (Å²) in [5.41, 5.74) is 8.98. The molecule has 2 N–H and O–H groups in total. The topological polar surface area (TPSA) is 46.3 Å². The maximum Gasteiger partial charge on any atom is 0.254 e. The molecule has 108 valence electrons. The number of halogens is 1. The van der Waals surface area contributed by atoms with Crippen LogP contribution in [0.4, 0.5) is 0 Å². The molecule has 0 saturated carbocycles. The van der Waals surface area contributed by atoms with Gasteiger partial charge in [0.2, 0.25) is 0 Å². The molecule has 0 spiro atoms. The van der Waals surface area contributed by atoms with Crippen molar-refractivity contribution in [3.63, 3.8) is 0 Å². The third-order valence-electron chi connectivity index (χ3n) is 3.97. The summed E-state index contributed by atoms with van der Waals surface area (Å²) in [6, 6.07) is 15.2. The number of carbonyl (C=O) groups is 1.